The van der Waals surface area contributed by atoms with Crippen LogP contribution in [0.5, 0.6) is 5.75 Å². The maximum Gasteiger partial charge on any atom is 0.266 e. The number of anilines is 2. The van der Waals surface area contributed by atoms with E-state index in [0.29, 0.717) is 5.56 Å². The van der Waals surface area contributed by atoms with Gasteiger partial charge in [-0.05, 0) is 35.7 Å². The zero-order valence-electron chi connectivity index (χ0n) is 14.2. The van der Waals surface area contributed by atoms with Crippen molar-refractivity contribution in [1.29, 1.82) is 0 Å². The highest BCUT2D eigenvalue weighted by atomic mass is 16.3. The maximum absolute atomic E-state index is 12.9. The summed E-state index contributed by atoms with van der Waals surface area (Å²) in [6.45, 7) is 0. The highest BCUT2D eigenvalue weighted by Crippen LogP contribution is 2.49. The highest BCUT2D eigenvalue weighted by Gasteiger charge is 2.36. The van der Waals surface area contributed by atoms with E-state index in [2.05, 4.69) is 17.1 Å². The van der Waals surface area contributed by atoms with Gasteiger partial charge in [-0.25, -0.2) is 0 Å². The van der Waals surface area contributed by atoms with Crippen molar-refractivity contribution in [3.63, 3.8) is 0 Å². The zero-order chi connectivity index (χ0) is 18.1. The number of carbonyl (C=O) groups is 1. The van der Waals surface area contributed by atoms with E-state index in [4.69, 9.17) is 0 Å². The van der Waals surface area contributed by atoms with Gasteiger partial charge < -0.3 is 10.1 Å². The van der Waals surface area contributed by atoms with E-state index in [1.165, 1.54) is 0 Å². The van der Waals surface area contributed by atoms with Crippen molar-refractivity contribution in [3.8, 4) is 5.75 Å². The number of aromatic hydroxyl groups is 1. The summed E-state index contributed by atoms with van der Waals surface area (Å²) in [6.07, 6.45) is 0. The number of benzene rings is 4. The first-order valence-electron chi connectivity index (χ1n) is 8.82. The number of amides is 1. The van der Waals surface area contributed by atoms with Crippen LogP contribution in [-0.4, -0.2) is 16.0 Å². The molecule has 0 unspecified atom stereocenters. The molecular formula is C23H14N2O2. The molecule has 1 aliphatic rings. The standard InChI is InChI=1S/C23H14N2O2/c26-21-12-16-13(9-10-15-14-5-1-2-6-18(14)24-22(15)16)11-17(21)23(27)25-19-7-3-4-8-20(19)25/h1-12,24,26H. The number of hydrogen-bond acceptors (Lipinski definition) is 2. The van der Waals surface area contributed by atoms with Crippen LogP contribution in [0.25, 0.3) is 32.6 Å². The normalized spacial score (nSPS) is 12.7. The first kappa shape index (κ1) is 14.4. The number of fused-ring (bicyclic) bond motifs is 6. The lowest BCUT2D eigenvalue weighted by Gasteiger charge is -2.08. The van der Waals surface area contributed by atoms with E-state index < -0.39 is 0 Å². The molecular weight excluding hydrogens is 336 g/mol. The second-order valence-corrected chi connectivity index (χ2v) is 6.88. The Labute approximate surface area is 154 Å². The fourth-order valence-corrected chi connectivity index (χ4v) is 4.00. The molecule has 0 radical (unpaired) electrons. The van der Waals surface area contributed by atoms with Gasteiger partial charge in [0.15, 0.2) is 0 Å². The molecule has 5 aromatic rings. The van der Waals surface area contributed by atoms with Crippen LogP contribution in [0.4, 0.5) is 11.4 Å². The smallest absolute Gasteiger partial charge is 0.266 e. The molecule has 0 saturated heterocycles. The first-order chi connectivity index (χ1) is 13.2. The van der Waals surface area contributed by atoms with Crippen LogP contribution in [-0.2, 0) is 0 Å². The molecule has 0 aliphatic carbocycles. The number of carbonyl (C=O) groups excluding carboxylic acids is 1. The summed E-state index contributed by atoms with van der Waals surface area (Å²) >= 11 is 0. The number of H-pyrrole nitrogens is 1. The Morgan fingerprint density at radius 2 is 1.56 bits per heavy atom. The average molecular weight is 350 g/mol. The van der Waals surface area contributed by atoms with Crippen molar-refractivity contribution in [2.24, 2.45) is 0 Å². The van der Waals surface area contributed by atoms with Gasteiger partial charge in [0.25, 0.3) is 5.91 Å². The SMILES string of the molecule is O=C(c1cc2ccc3c4ccccc4[nH]c3c2cc1O)N1c2ccccc21. The van der Waals surface area contributed by atoms with Crippen LogP contribution < -0.4 is 4.90 Å². The fraction of sp³-hybridized carbons (Fsp3) is 0. The molecule has 0 fully saturated rings. The molecule has 0 spiro atoms. The predicted octanol–water partition coefficient (Wildman–Crippen LogP) is 5.47. The van der Waals surface area contributed by atoms with Crippen molar-refractivity contribution in [1.82, 2.24) is 4.98 Å². The molecule has 1 aromatic heterocycles. The van der Waals surface area contributed by atoms with Crippen molar-refractivity contribution < 1.29 is 9.90 Å². The lowest BCUT2D eigenvalue weighted by atomic mass is 10.0. The Balaban J connectivity index is 1.54. The highest BCUT2D eigenvalue weighted by molar-refractivity contribution is 6.24. The molecule has 128 valence electrons. The van der Waals surface area contributed by atoms with Gasteiger partial charge in [0.05, 0.1) is 22.5 Å². The van der Waals surface area contributed by atoms with Crippen molar-refractivity contribution in [2.75, 3.05) is 4.90 Å². The number of phenols is 1. The summed E-state index contributed by atoms with van der Waals surface area (Å²) in [7, 11) is 0. The summed E-state index contributed by atoms with van der Waals surface area (Å²) in [5.41, 5.74) is 4.13. The number of hydrogen-bond donors (Lipinski definition) is 2. The minimum absolute atomic E-state index is 0.00328. The molecule has 2 heterocycles. The van der Waals surface area contributed by atoms with Crippen LogP contribution >= 0.6 is 0 Å². The largest absolute Gasteiger partial charge is 0.507 e. The fourth-order valence-electron chi connectivity index (χ4n) is 4.00. The third-order valence-electron chi connectivity index (χ3n) is 5.36. The second-order valence-electron chi connectivity index (χ2n) is 6.88. The van der Waals surface area contributed by atoms with Gasteiger partial charge in [-0.1, -0.05) is 42.5 Å². The second kappa shape index (κ2) is 4.89. The van der Waals surface area contributed by atoms with Crippen molar-refractivity contribution in [3.05, 3.63) is 78.4 Å². The summed E-state index contributed by atoms with van der Waals surface area (Å²) in [6, 6.07) is 23.3. The maximum atomic E-state index is 12.9. The molecule has 6 rings (SSSR count). The molecule has 1 aliphatic heterocycles. The van der Waals surface area contributed by atoms with Crippen LogP contribution in [0.1, 0.15) is 10.4 Å². The Morgan fingerprint density at radius 3 is 2.37 bits per heavy atom. The minimum Gasteiger partial charge on any atom is -0.507 e. The molecule has 0 atom stereocenters. The Morgan fingerprint density at radius 1 is 0.815 bits per heavy atom. The summed E-state index contributed by atoms with van der Waals surface area (Å²) < 4.78 is 0. The van der Waals surface area contributed by atoms with Gasteiger partial charge in [-0.2, -0.15) is 0 Å². The van der Waals surface area contributed by atoms with E-state index in [1.807, 2.05) is 48.5 Å². The molecule has 1 amide bonds. The molecule has 4 nitrogen and oxygen atoms in total. The Hall–Kier alpha value is -3.79. The number of para-hydroxylation sites is 3. The van der Waals surface area contributed by atoms with Gasteiger partial charge in [0.1, 0.15) is 5.75 Å². The molecule has 0 bridgehead atoms. The van der Waals surface area contributed by atoms with E-state index in [-0.39, 0.29) is 11.7 Å². The van der Waals surface area contributed by atoms with Gasteiger partial charge >= 0.3 is 0 Å². The third-order valence-corrected chi connectivity index (χ3v) is 5.36. The summed E-state index contributed by atoms with van der Waals surface area (Å²) in [5.74, 6) is -0.205. The summed E-state index contributed by atoms with van der Waals surface area (Å²) in [4.78, 5) is 18.0. The molecule has 27 heavy (non-hydrogen) atoms. The van der Waals surface area contributed by atoms with Gasteiger partial charge in [0.2, 0.25) is 0 Å². The quantitative estimate of drug-likeness (QED) is 0.394. The number of aromatic nitrogens is 1. The lowest BCUT2D eigenvalue weighted by Crippen LogP contribution is -2.13. The minimum atomic E-state index is -0.202. The van der Waals surface area contributed by atoms with Gasteiger partial charge in [0, 0.05) is 21.7 Å². The van der Waals surface area contributed by atoms with E-state index in [9.17, 15) is 9.90 Å². The monoisotopic (exact) mass is 350 g/mol. The van der Waals surface area contributed by atoms with E-state index in [1.54, 1.807) is 17.0 Å². The van der Waals surface area contributed by atoms with E-state index in [0.717, 1.165) is 44.0 Å². The van der Waals surface area contributed by atoms with Crippen molar-refractivity contribution >= 4 is 49.9 Å². The van der Waals surface area contributed by atoms with Crippen molar-refractivity contribution in [2.45, 2.75) is 0 Å². The van der Waals surface area contributed by atoms with Gasteiger partial charge in [-0.15, -0.1) is 0 Å². The Kier molecular flexibility index (Phi) is 2.60. The first-order valence-corrected chi connectivity index (χ1v) is 8.82. The number of rotatable bonds is 1. The number of nitrogens with one attached hydrogen (secondary N) is 1. The lowest BCUT2D eigenvalue weighted by molar-refractivity contribution is 0.100. The topological polar surface area (TPSA) is 56.1 Å². The van der Waals surface area contributed by atoms with Crippen LogP contribution in [0.2, 0.25) is 0 Å². The van der Waals surface area contributed by atoms with Crippen LogP contribution in [0.3, 0.4) is 0 Å². The number of phenolic OH excluding ortho intramolecular Hbond substituents is 1. The Bertz CT molecular complexity index is 1390. The molecule has 4 aromatic carbocycles. The molecule has 2 N–H and O–H groups in total. The average Bonchev–Trinajstić information content (AvgIpc) is 3.30. The third kappa shape index (κ3) is 1.89. The summed E-state index contributed by atoms with van der Waals surface area (Å²) in [5, 5.41) is 14.7. The predicted molar refractivity (Wildman–Crippen MR) is 108 cm³/mol. The van der Waals surface area contributed by atoms with Crippen LogP contribution in [0, 0.1) is 0 Å². The zero-order valence-corrected chi connectivity index (χ0v) is 14.2. The molecule has 4 heteroatoms. The van der Waals surface area contributed by atoms with Gasteiger partial charge in [-0.3, -0.25) is 9.69 Å². The van der Waals surface area contributed by atoms with Crippen LogP contribution in [0.15, 0.2) is 72.8 Å². The molecule has 0 saturated carbocycles. The van der Waals surface area contributed by atoms with E-state index >= 15 is 0 Å². The number of aromatic amines is 1. The number of nitrogens with zero attached hydrogens (tertiary/aromatic N) is 1.